The maximum atomic E-state index is 13.7. The monoisotopic (exact) mass is 295 g/mol. The van der Waals surface area contributed by atoms with Gasteiger partial charge in [-0.25, -0.2) is 4.39 Å². The number of carboxylic acids is 1. The van der Waals surface area contributed by atoms with Crippen LogP contribution in [0.1, 0.15) is 24.4 Å². The maximum absolute atomic E-state index is 13.7. The minimum Gasteiger partial charge on any atom is -0.481 e. The third kappa shape index (κ3) is 2.40. The second-order valence-corrected chi connectivity index (χ2v) is 6.25. The van der Waals surface area contributed by atoms with Crippen LogP contribution in [0.5, 0.6) is 0 Å². The van der Waals surface area contributed by atoms with Crippen LogP contribution < -0.4 is 5.32 Å². The van der Waals surface area contributed by atoms with Gasteiger partial charge in [-0.2, -0.15) is 0 Å². The molecule has 1 aromatic rings. The molecule has 3 rings (SSSR count). The van der Waals surface area contributed by atoms with E-state index in [0.717, 1.165) is 17.7 Å². The molecule has 0 bridgehead atoms. The van der Waals surface area contributed by atoms with Crippen molar-refractivity contribution < 1.29 is 19.1 Å². The third-order valence-electron chi connectivity index (χ3n) is 3.79. The molecule has 0 radical (unpaired) electrons. The highest BCUT2D eigenvalue weighted by Crippen LogP contribution is 2.41. The molecule has 3 atom stereocenters. The summed E-state index contributed by atoms with van der Waals surface area (Å²) in [6, 6.07) is 4.65. The number of halogens is 1. The van der Waals surface area contributed by atoms with E-state index in [-0.39, 0.29) is 17.8 Å². The number of rotatable bonds is 3. The lowest BCUT2D eigenvalue weighted by Crippen LogP contribution is -2.32. The minimum atomic E-state index is -0.921. The number of amides is 1. The molecule has 0 aromatic heterocycles. The first-order valence-corrected chi connectivity index (χ1v) is 7.51. The van der Waals surface area contributed by atoms with E-state index in [9.17, 15) is 14.0 Å². The Balaban J connectivity index is 1.73. The summed E-state index contributed by atoms with van der Waals surface area (Å²) < 4.78 is 13.7. The molecule has 0 saturated heterocycles. The summed E-state index contributed by atoms with van der Waals surface area (Å²) >= 11 is 1.46. The van der Waals surface area contributed by atoms with E-state index in [1.807, 2.05) is 6.07 Å². The van der Waals surface area contributed by atoms with Gasteiger partial charge in [0.05, 0.1) is 17.9 Å². The van der Waals surface area contributed by atoms with Gasteiger partial charge in [-0.1, -0.05) is 12.1 Å². The summed E-state index contributed by atoms with van der Waals surface area (Å²) in [7, 11) is 0. The van der Waals surface area contributed by atoms with Crippen LogP contribution in [-0.2, 0) is 9.59 Å². The second kappa shape index (κ2) is 5.09. The zero-order valence-electron chi connectivity index (χ0n) is 10.6. The van der Waals surface area contributed by atoms with Gasteiger partial charge in [0.1, 0.15) is 5.82 Å². The van der Waals surface area contributed by atoms with Crippen molar-refractivity contribution in [1.82, 2.24) is 5.32 Å². The number of carboxylic acid groups (broad SMARTS) is 1. The van der Waals surface area contributed by atoms with Gasteiger partial charge in [-0.15, -0.1) is 11.8 Å². The number of thioether (sulfide) groups is 1. The van der Waals surface area contributed by atoms with Crippen LogP contribution >= 0.6 is 11.8 Å². The fourth-order valence-electron chi connectivity index (χ4n) is 2.57. The van der Waals surface area contributed by atoms with E-state index in [1.54, 1.807) is 6.07 Å². The summed E-state index contributed by atoms with van der Waals surface area (Å²) in [6.45, 7) is 0. The molecule has 1 amide bonds. The Labute approximate surface area is 119 Å². The molecular formula is C14H14FNO3S. The Morgan fingerprint density at radius 1 is 1.35 bits per heavy atom. The highest BCUT2D eigenvalue weighted by molar-refractivity contribution is 7.99. The molecule has 1 fully saturated rings. The Bertz CT molecular complexity index is 578. The number of carbonyl (C=O) groups excluding carboxylic acids is 1. The molecule has 4 nitrogen and oxygen atoms in total. The van der Waals surface area contributed by atoms with E-state index in [0.29, 0.717) is 11.3 Å². The number of nitrogens with one attached hydrogen (secondary N) is 1. The van der Waals surface area contributed by atoms with Crippen LogP contribution in [0.25, 0.3) is 0 Å². The average molecular weight is 295 g/mol. The average Bonchev–Trinajstić information content (AvgIpc) is 3.20. The van der Waals surface area contributed by atoms with Crippen LogP contribution in [0.3, 0.4) is 0 Å². The molecule has 1 heterocycles. The largest absolute Gasteiger partial charge is 0.481 e. The summed E-state index contributed by atoms with van der Waals surface area (Å²) in [5, 5.41) is 11.7. The molecule has 1 aliphatic heterocycles. The van der Waals surface area contributed by atoms with Gasteiger partial charge >= 0.3 is 5.97 Å². The van der Waals surface area contributed by atoms with Gasteiger partial charge in [0, 0.05) is 10.6 Å². The first-order valence-electron chi connectivity index (χ1n) is 6.52. The molecular weight excluding hydrogens is 281 g/mol. The molecule has 0 spiro atoms. The number of benzene rings is 1. The maximum Gasteiger partial charge on any atom is 0.307 e. The number of carbonyl (C=O) groups is 2. The normalized spacial score (nSPS) is 27.6. The fourth-order valence-corrected chi connectivity index (χ4v) is 3.71. The Morgan fingerprint density at radius 2 is 2.15 bits per heavy atom. The van der Waals surface area contributed by atoms with Crippen molar-refractivity contribution >= 4 is 23.6 Å². The van der Waals surface area contributed by atoms with E-state index in [4.69, 9.17) is 5.11 Å². The van der Waals surface area contributed by atoms with E-state index < -0.39 is 17.8 Å². The van der Waals surface area contributed by atoms with Crippen LogP contribution in [0.15, 0.2) is 23.1 Å². The zero-order valence-corrected chi connectivity index (χ0v) is 11.5. The zero-order chi connectivity index (χ0) is 14.3. The minimum absolute atomic E-state index is 0.218. The van der Waals surface area contributed by atoms with Crippen LogP contribution in [0, 0.1) is 17.7 Å². The molecule has 1 aromatic carbocycles. The highest BCUT2D eigenvalue weighted by Gasteiger charge is 2.48. The standard InChI is InChI=1S/C14H14FNO3S/c15-10-3-1-2-7-11(4-5-20-12(7)10)16-13(17)8-6-9(8)14(18)19/h1-3,8-9,11H,4-6H2,(H,16,17)(H,18,19)/t8-,9+,11-/m0/s1. The van der Waals surface area contributed by atoms with Crippen molar-refractivity contribution in [2.45, 2.75) is 23.8 Å². The molecule has 6 heteroatoms. The second-order valence-electron chi connectivity index (χ2n) is 5.14. The molecule has 2 aliphatic rings. The van der Waals surface area contributed by atoms with Gasteiger partial charge in [0.25, 0.3) is 0 Å². The summed E-state index contributed by atoms with van der Waals surface area (Å²) in [5.74, 6) is -1.66. The van der Waals surface area contributed by atoms with Gasteiger partial charge in [-0.05, 0) is 24.5 Å². The Morgan fingerprint density at radius 3 is 2.85 bits per heavy atom. The Kier molecular flexibility index (Phi) is 3.41. The third-order valence-corrected chi connectivity index (χ3v) is 4.95. The molecule has 106 valence electrons. The van der Waals surface area contributed by atoms with E-state index >= 15 is 0 Å². The number of aliphatic carboxylic acids is 1. The van der Waals surface area contributed by atoms with Gasteiger partial charge in [0.2, 0.25) is 5.91 Å². The van der Waals surface area contributed by atoms with E-state index in [2.05, 4.69) is 5.32 Å². The first-order chi connectivity index (χ1) is 9.58. The van der Waals surface area contributed by atoms with Crippen molar-refractivity contribution in [3.63, 3.8) is 0 Å². The van der Waals surface area contributed by atoms with Gasteiger partial charge < -0.3 is 10.4 Å². The van der Waals surface area contributed by atoms with Crippen LogP contribution in [-0.4, -0.2) is 22.7 Å². The van der Waals surface area contributed by atoms with Crippen molar-refractivity contribution in [2.75, 3.05) is 5.75 Å². The molecule has 1 aliphatic carbocycles. The van der Waals surface area contributed by atoms with E-state index in [1.165, 1.54) is 17.8 Å². The number of hydrogen-bond donors (Lipinski definition) is 2. The van der Waals surface area contributed by atoms with Crippen LogP contribution in [0.4, 0.5) is 4.39 Å². The van der Waals surface area contributed by atoms with Crippen molar-refractivity contribution in [3.8, 4) is 0 Å². The molecule has 20 heavy (non-hydrogen) atoms. The first kappa shape index (κ1) is 13.4. The number of hydrogen-bond acceptors (Lipinski definition) is 3. The predicted molar refractivity (Wildman–Crippen MR) is 71.9 cm³/mol. The lowest BCUT2D eigenvalue weighted by Gasteiger charge is -2.26. The van der Waals surface area contributed by atoms with Crippen molar-refractivity contribution in [2.24, 2.45) is 11.8 Å². The summed E-state index contributed by atoms with van der Waals surface area (Å²) in [5.41, 5.74) is 0.794. The summed E-state index contributed by atoms with van der Waals surface area (Å²) in [4.78, 5) is 23.4. The lowest BCUT2D eigenvalue weighted by molar-refractivity contribution is -0.140. The summed E-state index contributed by atoms with van der Waals surface area (Å²) in [6.07, 6.45) is 1.13. The highest BCUT2D eigenvalue weighted by atomic mass is 32.2. The van der Waals surface area contributed by atoms with Crippen molar-refractivity contribution in [1.29, 1.82) is 0 Å². The van der Waals surface area contributed by atoms with Gasteiger partial charge in [-0.3, -0.25) is 9.59 Å². The Hall–Kier alpha value is -1.56. The van der Waals surface area contributed by atoms with Crippen molar-refractivity contribution in [3.05, 3.63) is 29.6 Å². The SMILES string of the molecule is O=C(N[C@H]1CCSc2c(F)cccc21)[C@H]1C[C@H]1C(=O)O. The predicted octanol–water partition coefficient (Wildman–Crippen LogP) is 2.20. The van der Waals surface area contributed by atoms with Gasteiger partial charge in [0.15, 0.2) is 0 Å². The lowest BCUT2D eigenvalue weighted by atomic mass is 10.0. The quantitative estimate of drug-likeness (QED) is 0.897. The fraction of sp³-hybridized carbons (Fsp3) is 0.429. The molecule has 2 N–H and O–H groups in total. The molecule has 1 saturated carbocycles. The smallest absolute Gasteiger partial charge is 0.307 e. The topological polar surface area (TPSA) is 66.4 Å². The molecule has 0 unspecified atom stereocenters. The van der Waals surface area contributed by atoms with Crippen LogP contribution in [0.2, 0.25) is 0 Å². The number of fused-ring (bicyclic) bond motifs is 1.